The average Bonchev–Trinajstić information content (AvgIpc) is 2.26. The van der Waals surface area contributed by atoms with Gasteiger partial charge < -0.3 is 19.8 Å². The van der Waals surface area contributed by atoms with Crippen molar-refractivity contribution in [3.63, 3.8) is 0 Å². The van der Waals surface area contributed by atoms with Crippen LogP contribution in [0.25, 0.3) is 0 Å². The fraction of sp³-hybridized carbons (Fsp3) is 0.875. The van der Waals surface area contributed by atoms with Crippen LogP contribution in [0.5, 0.6) is 0 Å². The predicted octanol–water partition coefficient (Wildman–Crippen LogP) is -4.38. The Kier molecular flexibility index (Phi) is 23.8. The smallest absolute Gasteiger partial charge is 1.00 e. The summed E-state index contributed by atoms with van der Waals surface area (Å²) < 4.78 is 0.485. The van der Waals surface area contributed by atoms with Gasteiger partial charge in [0.2, 0.25) is 0 Å². The number of unbranched alkanes of at least 4 members (excludes halogenated alkanes) is 4. The summed E-state index contributed by atoms with van der Waals surface area (Å²) >= 11 is 2.41. The second kappa shape index (κ2) is 17.0. The summed E-state index contributed by atoms with van der Waals surface area (Å²) in [6.07, 6.45) is 7.37. The number of rotatable bonds is 8. The Bertz CT molecular complexity index is 304. The van der Waals surface area contributed by atoms with Crippen LogP contribution >= 0.6 is 0 Å². The molecule has 0 fully saturated rings. The van der Waals surface area contributed by atoms with Crippen molar-refractivity contribution in [2.75, 3.05) is 0 Å². The molecule has 0 saturated carbocycles. The van der Waals surface area contributed by atoms with Crippen LogP contribution in [-0.2, 0) is 9.59 Å². The Labute approximate surface area is 195 Å². The summed E-state index contributed by atoms with van der Waals surface area (Å²) in [5, 5.41) is 18.6. The fourth-order valence-electron chi connectivity index (χ4n) is 1.66. The zero-order valence-corrected chi connectivity index (χ0v) is 20.6. The van der Waals surface area contributed by atoms with E-state index in [-0.39, 0.29) is 59.1 Å². The molecule has 0 saturated heterocycles. The van der Waals surface area contributed by atoms with Gasteiger partial charge in [-0.05, 0) is 0 Å². The molecule has 0 bridgehead atoms. The standard InChI is InChI=1S/C13H27.C3H4O4.Li.2Na/c1-6-7-8-9-10-11-12(2)13(3,4)5;4-2(5)1-3(6)7;;;/h6-11H2,1-5H3;1H2,(H,4,5)(H,6,7);;;/q;;;2*+1/p-2. The van der Waals surface area contributed by atoms with Crippen molar-refractivity contribution >= 4 is 29.7 Å². The summed E-state index contributed by atoms with van der Waals surface area (Å²) in [7, 11) is 0. The number of aliphatic carboxylic acids is 2. The first kappa shape index (κ1) is 32.2. The third-order valence-electron chi connectivity index (χ3n) is 4.22. The summed E-state index contributed by atoms with van der Waals surface area (Å²) in [5.41, 5.74) is 0.442. The molecule has 120 valence electrons. The van der Waals surface area contributed by atoms with Crippen LogP contribution in [0.15, 0.2) is 0 Å². The Morgan fingerprint density at radius 3 is 1.52 bits per heavy atom. The Morgan fingerprint density at radius 2 is 1.26 bits per heavy atom. The molecule has 1 atom stereocenters. The minimum Gasteiger partial charge on any atom is 1.00 e. The van der Waals surface area contributed by atoms with E-state index in [1.807, 2.05) is 0 Å². The predicted molar refractivity (Wildman–Crippen MR) is 81.6 cm³/mol. The van der Waals surface area contributed by atoms with Crippen molar-refractivity contribution < 1.29 is 78.9 Å². The molecule has 0 heterocycles. The first-order valence-electron chi connectivity index (χ1n) is 7.83. The van der Waals surface area contributed by atoms with Gasteiger partial charge in [-0.1, -0.05) is 0 Å². The fourth-order valence-corrected chi connectivity index (χ4v) is 1.66. The van der Waals surface area contributed by atoms with Crippen molar-refractivity contribution in [1.82, 2.24) is 0 Å². The number of hydrogen-bond acceptors (Lipinski definition) is 4. The molecule has 4 nitrogen and oxygen atoms in total. The summed E-state index contributed by atoms with van der Waals surface area (Å²) in [6, 6.07) is 0. The molecule has 0 aliphatic carbocycles. The molecule has 0 aromatic carbocycles. The minimum atomic E-state index is -1.63. The largest absolute Gasteiger partial charge is 1.00 e. The van der Waals surface area contributed by atoms with Crippen molar-refractivity contribution in [3.8, 4) is 0 Å². The van der Waals surface area contributed by atoms with Gasteiger partial charge in [0.15, 0.2) is 0 Å². The number of hydrogen-bond donors (Lipinski definition) is 0. The summed E-state index contributed by atoms with van der Waals surface area (Å²) in [5.74, 6) is -3.25. The zero-order valence-electron chi connectivity index (χ0n) is 16.6. The molecular weight excluding hydrogens is 309 g/mol. The van der Waals surface area contributed by atoms with Crippen LogP contribution in [0.4, 0.5) is 0 Å². The van der Waals surface area contributed by atoms with E-state index < -0.39 is 18.4 Å². The first-order chi connectivity index (χ1) is 9.44. The number of carbonyl (C=O) groups excluding carboxylic acids is 2. The van der Waals surface area contributed by atoms with Crippen LogP contribution in [0.2, 0.25) is 4.09 Å². The Balaban J connectivity index is -0.000000173. The number of carboxylic acid groups (broad SMARTS) is 2. The monoisotopic (exact) mass is 338 g/mol. The van der Waals surface area contributed by atoms with E-state index in [0.717, 1.165) is 0 Å². The molecule has 0 amide bonds. The quantitative estimate of drug-likeness (QED) is 0.254. The van der Waals surface area contributed by atoms with Crippen molar-refractivity contribution in [3.05, 3.63) is 0 Å². The Hall–Kier alpha value is 1.54. The molecule has 0 aromatic heterocycles. The van der Waals surface area contributed by atoms with Gasteiger partial charge in [-0.3, -0.25) is 0 Å². The molecular formula is C16H29LiNa2O4. The molecule has 1 unspecified atom stereocenters. The number of carbonyl (C=O) groups is 2. The van der Waals surface area contributed by atoms with E-state index >= 15 is 0 Å². The van der Waals surface area contributed by atoms with Crippen LogP contribution < -0.4 is 69.3 Å². The normalized spacial score (nSPS) is 12.7. The molecule has 0 rings (SSSR count). The van der Waals surface area contributed by atoms with Crippen molar-refractivity contribution in [1.29, 1.82) is 0 Å². The average molecular weight is 338 g/mol. The summed E-state index contributed by atoms with van der Waals surface area (Å²) in [6.45, 7) is 11.8. The first-order valence-corrected chi connectivity index (χ1v) is 7.83. The molecule has 0 N–H and O–H groups in total. The van der Waals surface area contributed by atoms with Crippen LogP contribution in [0.1, 0.15) is 79.6 Å². The molecule has 0 aliphatic rings. The van der Waals surface area contributed by atoms with Gasteiger partial charge in [-0.15, -0.1) is 0 Å². The van der Waals surface area contributed by atoms with E-state index in [9.17, 15) is 19.8 Å². The van der Waals surface area contributed by atoms with Gasteiger partial charge in [-0.25, -0.2) is 0 Å². The SMILES string of the molecule is O=C([O-])CC(=O)[O-].[Li][C](C)(CCCCCCC)C(C)(C)C.[Na+].[Na+]. The van der Waals surface area contributed by atoms with Crippen molar-refractivity contribution in [2.24, 2.45) is 5.41 Å². The zero-order chi connectivity index (χ0) is 17.1. The molecule has 0 spiro atoms. The Morgan fingerprint density at radius 1 is 0.870 bits per heavy atom. The van der Waals surface area contributed by atoms with E-state index in [4.69, 9.17) is 0 Å². The van der Waals surface area contributed by atoms with Gasteiger partial charge >= 0.3 is 159 Å². The second-order valence-corrected chi connectivity index (χ2v) is 7.22. The molecule has 7 heteroatoms. The minimum absolute atomic E-state index is 0. The van der Waals surface area contributed by atoms with Gasteiger partial charge in [0.05, 0.1) is 0 Å². The van der Waals surface area contributed by atoms with Gasteiger partial charge in [0, 0.05) is 18.4 Å². The molecule has 0 aromatic rings. The maximum absolute atomic E-state index is 9.28. The van der Waals surface area contributed by atoms with Gasteiger partial charge in [0.1, 0.15) is 0 Å². The number of carboxylic acids is 2. The van der Waals surface area contributed by atoms with E-state index in [0.29, 0.717) is 9.50 Å². The van der Waals surface area contributed by atoms with Gasteiger partial charge in [0.25, 0.3) is 0 Å². The molecule has 23 heavy (non-hydrogen) atoms. The third kappa shape index (κ3) is 21.5. The van der Waals surface area contributed by atoms with E-state index in [1.54, 1.807) is 0 Å². The second-order valence-electron chi connectivity index (χ2n) is 7.22. The maximum Gasteiger partial charge on any atom is 1.00 e. The summed E-state index contributed by atoms with van der Waals surface area (Å²) in [4.78, 5) is 18.6. The topological polar surface area (TPSA) is 80.3 Å². The van der Waals surface area contributed by atoms with Crippen LogP contribution in [0.3, 0.4) is 0 Å². The maximum atomic E-state index is 9.28. The van der Waals surface area contributed by atoms with E-state index in [2.05, 4.69) is 52.3 Å². The van der Waals surface area contributed by atoms with Crippen molar-refractivity contribution in [2.45, 2.75) is 83.7 Å². The van der Waals surface area contributed by atoms with Crippen LogP contribution in [-0.4, -0.2) is 29.7 Å². The molecule has 0 radical (unpaired) electrons. The van der Waals surface area contributed by atoms with Gasteiger partial charge in [-0.2, -0.15) is 0 Å². The van der Waals surface area contributed by atoms with Crippen LogP contribution in [0, 0.1) is 5.41 Å². The van der Waals surface area contributed by atoms with E-state index in [1.165, 1.54) is 38.5 Å². The molecule has 0 aliphatic heterocycles. The third-order valence-corrected chi connectivity index (χ3v) is 4.22.